The highest BCUT2D eigenvalue weighted by Crippen LogP contribution is 2.22. The number of hydrogen-bond acceptors (Lipinski definition) is 20. The molecule has 30 nitrogen and oxygen atoms in total. The second-order valence-corrected chi connectivity index (χ2v) is 20.5. The molecule has 0 aromatic heterocycles. The Bertz CT molecular complexity index is 2370. The molecule has 11 amide bonds. The number of carboxylic acids is 1. The zero-order valence-electron chi connectivity index (χ0n) is 46.1. The molecule has 1 aromatic carbocycles. The lowest BCUT2D eigenvalue weighted by Gasteiger charge is -2.32. The first-order valence-electron chi connectivity index (χ1n) is 26.6. The summed E-state index contributed by atoms with van der Waals surface area (Å²) in [5.74, 6) is -12.9. The zero-order chi connectivity index (χ0) is 62.0. The van der Waals surface area contributed by atoms with E-state index in [1.807, 2.05) is 0 Å². The van der Waals surface area contributed by atoms with Crippen molar-refractivity contribution in [2.45, 2.75) is 158 Å². The van der Waals surface area contributed by atoms with Gasteiger partial charge < -0.3 is 95.5 Å². The van der Waals surface area contributed by atoms with E-state index in [0.29, 0.717) is 24.8 Å². The number of nitrogens with one attached hydrogen (secondary N) is 9. The Morgan fingerprint density at radius 2 is 1.15 bits per heavy atom. The average molecular weight is 1200 g/mol. The number of unbranched alkanes of at least 4 members (excludes halogenated alkanes) is 1. The summed E-state index contributed by atoms with van der Waals surface area (Å²) in [7, 11) is 0. The Hall–Kier alpha value is -6.84. The molecule has 13 atom stereocenters. The molecule has 460 valence electrons. The summed E-state index contributed by atoms with van der Waals surface area (Å²) >= 11 is 8.17. The van der Waals surface area contributed by atoms with E-state index in [1.54, 1.807) is 13.8 Å². The van der Waals surface area contributed by atoms with Crippen LogP contribution in [-0.2, 0) is 64.0 Å². The van der Waals surface area contributed by atoms with Crippen molar-refractivity contribution in [3.63, 3.8) is 0 Å². The van der Waals surface area contributed by atoms with Crippen molar-refractivity contribution in [3.05, 3.63) is 29.8 Å². The van der Waals surface area contributed by atoms with Crippen molar-refractivity contribution in [3.8, 4) is 5.75 Å². The number of thiol groups is 2. The third kappa shape index (κ3) is 22.8. The lowest BCUT2D eigenvalue weighted by molar-refractivity contribution is -0.144. The van der Waals surface area contributed by atoms with Crippen molar-refractivity contribution in [2.24, 2.45) is 23.1 Å². The number of aliphatic hydroxyl groups is 3. The Morgan fingerprint density at radius 1 is 0.646 bits per heavy atom. The van der Waals surface area contributed by atoms with Crippen molar-refractivity contribution < 1.29 is 83.1 Å². The van der Waals surface area contributed by atoms with E-state index in [9.17, 15) is 83.1 Å². The number of benzene rings is 1. The molecule has 32 heteroatoms. The number of aliphatic carboxylic acids is 1. The quantitative estimate of drug-likeness (QED) is 0.0219. The van der Waals surface area contributed by atoms with Gasteiger partial charge in [-0.3, -0.25) is 52.7 Å². The molecule has 1 aromatic rings. The van der Waals surface area contributed by atoms with Gasteiger partial charge in [-0.15, -0.1) is 0 Å². The van der Waals surface area contributed by atoms with E-state index in [-0.39, 0.29) is 62.4 Å². The molecule has 1 aliphatic rings. The van der Waals surface area contributed by atoms with Crippen molar-refractivity contribution in [2.75, 3.05) is 37.8 Å². The van der Waals surface area contributed by atoms with Gasteiger partial charge in [0.1, 0.15) is 72.2 Å². The van der Waals surface area contributed by atoms with Crippen LogP contribution in [0.1, 0.15) is 84.6 Å². The van der Waals surface area contributed by atoms with E-state index in [1.165, 1.54) is 43.0 Å². The molecule has 1 aliphatic heterocycles. The first kappa shape index (κ1) is 71.3. The predicted octanol–water partition coefficient (Wildman–Crippen LogP) is -6.61. The molecule has 82 heavy (non-hydrogen) atoms. The number of carboxylic acid groups (broad SMARTS) is 1. The van der Waals surface area contributed by atoms with Crippen LogP contribution in [-0.4, -0.2) is 212 Å². The molecule has 0 unspecified atom stereocenters. The van der Waals surface area contributed by atoms with Crippen LogP contribution in [0.2, 0.25) is 0 Å². The zero-order valence-corrected chi connectivity index (χ0v) is 47.9. The normalized spacial score (nSPS) is 17.4. The minimum atomic E-state index is -1.73. The summed E-state index contributed by atoms with van der Waals surface area (Å²) in [6.45, 7) is 4.26. The number of likely N-dealkylation sites (tertiary alicyclic amines) is 1. The average Bonchev–Trinajstić information content (AvgIpc) is 3.99. The lowest BCUT2D eigenvalue weighted by Crippen LogP contribution is -2.62. The second kappa shape index (κ2) is 35.9. The van der Waals surface area contributed by atoms with E-state index >= 15 is 0 Å². The van der Waals surface area contributed by atoms with Crippen LogP contribution in [0.15, 0.2) is 24.3 Å². The highest BCUT2D eigenvalue weighted by Gasteiger charge is 2.42. The van der Waals surface area contributed by atoms with Gasteiger partial charge in [0.05, 0.1) is 19.3 Å². The van der Waals surface area contributed by atoms with E-state index < -0.39 is 169 Å². The number of amides is 11. The van der Waals surface area contributed by atoms with Gasteiger partial charge in [-0.25, -0.2) is 4.79 Å². The van der Waals surface area contributed by atoms with Gasteiger partial charge in [-0.05, 0) is 82.5 Å². The molecule has 2 rings (SSSR count). The molecule has 0 saturated carbocycles. The molecule has 0 radical (unpaired) electrons. The van der Waals surface area contributed by atoms with Crippen LogP contribution in [0, 0.1) is 5.92 Å². The second-order valence-electron chi connectivity index (χ2n) is 19.7. The van der Waals surface area contributed by atoms with Crippen molar-refractivity contribution in [1.82, 2.24) is 52.8 Å². The molecule has 0 spiro atoms. The number of carbonyl (C=O) groups is 12. The topological polar surface area (TPSA) is 496 Å². The fourth-order valence-electron chi connectivity index (χ4n) is 8.16. The Kier molecular flexibility index (Phi) is 31.2. The van der Waals surface area contributed by atoms with E-state index in [0.717, 1.165) is 0 Å². The smallest absolute Gasteiger partial charge is 0.326 e. The molecular formula is C50H81N13O17S2. The maximum absolute atomic E-state index is 14.4. The van der Waals surface area contributed by atoms with Gasteiger partial charge in [0.2, 0.25) is 65.0 Å². The van der Waals surface area contributed by atoms with Gasteiger partial charge in [0.25, 0.3) is 0 Å². The van der Waals surface area contributed by atoms with E-state index in [4.69, 9.17) is 17.2 Å². The maximum Gasteiger partial charge on any atom is 0.326 e. The Labute approximate surface area is 484 Å². The number of rotatable bonds is 36. The predicted molar refractivity (Wildman–Crippen MR) is 300 cm³/mol. The van der Waals surface area contributed by atoms with Gasteiger partial charge in [-0.1, -0.05) is 32.4 Å². The summed E-state index contributed by atoms with van der Waals surface area (Å²) in [4.78, 5) is 160. The summed E-state index contributed by atoms with van der Waals surface area (Å²) in [6, 6.07) is -10.4. The number of aliphatic hydroxyl groups excluding tert-OH is 3. The Balaban J connectivity index is 2.23. The number of hydrogen-bond donors (Lipinski definition) is 19. The van der Waals surface area contributed by atoms with Crippen molar-refractivity contribution in [1.29, 1.82) is 0 Å². The first-order valence-corrected chi connectivity index (χ1v) is 27.8. The summed E-state index contributed by atoms with van der Waals surface area (Å²) in [6.07, 6.45) is -1.28. The highest BCUT2D eigenvalue weighted by atomic mass is 32.1. The number of phenolic OH excluding ortho intramolecular Hbond substituents is 1. The maximum atomic E-state index is 14.4. The number of nitrogens with zero attached hydrogens (tertiary/aromatic N) is 1. The molecule has 0 bridgehead atoms. The first-order chi connectivity index (χ1) is 38.7. The van der Waals surface area contributed by atoms with Gasteiger partial charge in [0.15, 0.2) is 0 Å². The van der Waals surface area contributed by atoms with E-state index in [2.05, 4.69) is 73.1 Å². The SMILES string of the molecule is CC[C@H](C)[C@H](NC(=O)[C@H](CO)NC(=O)[C@H](CCCCN)NC(=O)[C@@H](NC(=O)[C@H](CS)NC(=O)[C@@H](N)CO)[C@@H](C)O)C(=O)N1CCC[C@H]1C(=O)N[C@@H](C)C(=O)N[C@@H](CCC(N)=O)C(=O)N[C@@H](CS)C(=O)N[C@@H](Cc1ccc(O)cc1)C(=O)O. The third-order valence-electron chi connectivity index (χ3n) is 13.3. The number of nitrogens with two attached hydrogens (primary N) is 3. The van der Waals surface area contributed by atoms with Crippen LogP contribution < -0.4 is 65.1 Å². The number of phenols is 1. The number of primary amides is 1. The summed E-state index contributed by atoms with van der Waals surface area (Å²) in [5, 5.41) is 71.0. The van der Waals surface area contributed by atoms with Gasteiger partial charge in [0, 0.05) is 30.9 Å². The third-order valence-corrected chi connectivity index (χ3v) is 14.0. The lowest BCUT2D eigenvalue weighted by atomic mass is 9.96. The van der Waals surface area contributed by atoms with Crippen LogP contribution >= 0.6 is 25.3 Å². The minimum absolute atomic E-state index is 0.0274. The fourth-order valence-corrected chi connectivity index (χ4v) is 8.67. The summed E-state index contributed by atoms with van der Waals surface area (Å²) < 4.78 is 0. The number of carbonyl (C=O) groups excluding carboxylic acids is 11. The molecular weight excluding hydrogens is 1120 g/mol. The van der Waals surface area contributed by atoms with Crippen LogP contribution in [0.25, 0.3) is 0 Å². The Morgan fingerprint density at radius 3 is 1.67 bits per heavy atom. The minimum Gasteiger partial charge on any atom is -0.508 e. The molecule has 1 saturated heterocycles. The van der Waals surface area contributed by atoms with Crippen LogP contribution in [0.4, 0.5) is 0 Å². The molecule has 20 N–H and O–H groups in total. The highest BCUT2D eigenvalue weighted by molar-refractivity contribution is 7.80. The molecule has 0 aliphatic carbocycles. The van der Waals surface area contributed by atoms with Crippen LogP contribution in [0.5, 0.6) is 5.75 Å². The molecule has 1 heterocycles. The summed E-state index contributed by atoms with van der Waals surface area (Å²) in [5.41, 5.74) is 17.0. The van der Waals surface area contributed by atoms with Gasteiger partial charge in [-0.2, -0.15) is 25.3 Å². The standard InChI is InChI=1S/C50H81N13O17S2/c1-5-24(2)38(61-44(73)33(21-65)58-42(71)30(9-6-7-17-51)56-48(77)39(26(4)66)62-46(75)35(23-82)59-41(70)29(52)20-64)49(78)63-18-8-10-36(63)47(76)54-25(3)40(69)55-31(15-16-37(53)68)43(72)60-34(22-81)45(74)57-32(50(79)80)19-27-11-13-28(67)14-12-27/h11-14,24-26,29-36,38-39,64-67,81-82H,5-10,15-23,51-52H2,1-4H3,(H2,53,68)(H,54,76)(H,55,69)(H,56,77)(H,57,74)(H,58,71)(H,59,70)(H,60,72)(H,61,73)(H,62,75)(H,79,80)/t24-,25-,26+,29-,30-,31-,32-,33-,34-,35-,36-,38-,39-/m0/s1. The van der Waals surface area contributed by atoms with Gasteiger partial charge >= 0.3 is 5.97 Å². The monoisotopic (exact) mass is 1200 g/mol. The molecule has 1 fully saturated rings. The number of aromatic hydroxyl groups is 1. The largest absolute Gasteiger partial charge is 0.508 e. The van der Waals surface area contributed by atoms with Crippen molar-refractivity contribution >= 4 is 96.2 Å². The fraction of sp³-hybridized carbons (Fsp3) is 0.640. The van der Waals surface area contributed by atoms with Crippen LogP contribution in [0.3, 0.4) is 0 Å².